The number of ether oxygens (including phenoxy) is 2. The molecule has 22 heavy (non-hydrogen) atoms. The van der Waals surface area contributed by atoms with Gasteiger partial charge in [-0.25, -0.2) is 4.79 Å². The van der Waals surface area contributed by atoms with Crippen LogP contribution in [0.5, 0.6) is 0 Å². The van der Waals surface area contributed by atoms with E-state index in [1.165, 1.54) is 19.2 Å². The third kappa shape index (κ3) is 4.82. The number of rotatable bonds is 7. The zero-order valence-electron chi connectivity index (χ0n) is 12.6. The topological polar surface area (TPSA) is 84.9 Å². The Balaban J connectivity index is 1.97. The van der Waals surface area contributed by atoms with Crippen LogP contribution in [-0.4, -0.2) is 36.8 Å². The lowest BCUT2D eigenvalue weighted by Crippen LogP contribution is -2.22. The number of amides is 1. The van der Waals surface area contributed by atoms with Crippen LogP contribution in [0.1, 0.15) is 41.6 Å². The average Bonchev–Trinajstić information content (AvgIpc) is 2.98. The molecule has 0 saturated heterocycles. The predicted molar refractivity (Wildman–Crippen MR) is 81.0 cm³/mol. The molecule has 6 heteroatoms. The number of carboxylic acids is 1. The Morgan fingerprint density at radius 2 is 2.00 bits per heavy atom. The third-order valence-corrected chi connectivity index (χ3v) is 3.59. The lowest BCUT2D eigenvalue weighted by atomic mass is 10.1. The molecule has 1 aliphatic carbocycles. The molecule has 0 radical (unpaired) electrons. The van der Waals surface area contributed by atoms with Gasteiger partial charge < -0.3 is 19.9 Å². The van der Waals surface area contributed by atoms with Crippen molar-refractivity contribution in [2.24, 2.45) is 0 Å². The van der Waals surface area contributed by atoms with Crippen molar-refractivity contribution in [2.45, 2.75) is 38.4 Å². The van der Waals surface area contributed by atoms with Gasteiger partial charge in [0.05, 0.1) is 18.3 Å². The van der Waals surface area contributed by atoms with E-state index < -0.39 is 5.97 Å². The minimum Gasteiger partial charge on any atom is -0.478 e. The van der Waals surface area contributed by atoms with E-state index in [0.717, 1.165) is 25.7 Å². The van der Waals surface area contributed by atoms with Crippen LogP contribution in [0, 0.1) is 0 Å². The van der Waals surface area contributed by atoms with Gasteiger partial charge in [0.15, 0.2) is 0 Å². The first-order valence-electron chi connectivity index (χ1n) is 7.36. The highest BCUT2D eigenvalue weighted by Gasteiger charge is 2.17. The van der Waals surface area contributed by atoms with Crippen molar-refractivity contribution in [3.05, 3.63) is 29.3 Å². The molecule has 6 nitrogen and oxygen atoms in total. The largest absolute Gasteiger partial charge is 0.478 e. The van der Waals surface area contributed by atoms with Gasteiger partial charge >= 0.3 is 5.97 Å². The quantitative estimate of drug-likeness (QED) is 0.808. The van der Waals surface area contributed by atoms with E-state index in [9.17, 15) is 9.59 Å². The van der Waals surface area contributed by atoms with Gasteiger partial charge in [0.2, 0.25) is 5.91 Å². The number of hydrogen-bond donors (Lipinski definition) is 2. The fraction of sp³-hybridized carbons (Fsp3) is 0.500. The molecule has 0 spiro atoms. The highest BCUT2D eigenvalue weighted by molar-refractivity contribution is 5.94. The molecule has 1 aromatic rings. The number of methoxy groups -OCH3 is 1. The molecule has 120 valence electrons. The smallest absolute Gasteiger partial charge is 0.335 e. The molecule has 0 bridgehead atoms. The van der Waals surface area contributed by atoms with Gasteiger partial charge in [-0.1, -0.05) is 12.8 Å². The molecule has 1 saturated carbocycles. The van der Waals surface area contributed by atoms with Crippen LogP contribution in [0.2, 0.25) is 0 Å². The lowest BCUT2D eigenvalue weighted by Gasteiger charge is -2.12. The standard InChI is InChI=1S/C16H21NO5/c1-21-9-11-6-12(16(19)20)8-13(7-11)17-15(18)10-22-14-4-2-3-5-14/h6-8,14H,2-5,9-10H2,1H3,(H,17,18)(H,19,20). The molecule has 0 unspecified atom stereocenters. The van der Waals surface area contributed by atoms with Crippen LogP contribution < -0.4 is 5.32 Å². The second-order valence-electron chi connectivity index (χ2n) is 5.42. The van der Waals surface area contributed by atoms with E-state index in [4.69, 9.17) is 14.6 Å². The summed E-state index contributed by atoms with van der Waals surface area (Å²) in [6, 6.07) is 4.65. The molecule has 2 N–H and O–H groups in total. The minimum absolute atomic E-state index is 0.0123. The van der Waals surface area contributed by atoms with E-state index >= 15 is 0 Å². The molecular weight excluding hydrogens is 286 g/mol. The molecule has 2 rings (SSSR count). The number of aromatic carboxylic acids is 1. The van der Waals surface area contributed by atoms with Crippen LogP contribution in [0.4, 0.5) is 5.69 Å². The van der Waals surface area contributed by atoms with Crippen molar-refractivity contribution in [1.82, 2.24) is 0 Å². The number of nitrogens with one attached hydrogen (secondary N) is 1. The van der Waals surface area contributed by atoms with Crippen LogP contribution in [0.15, 0.2) is 18.2 Å². The summed E-state index contributed by atoms with van der Waals surface area (Å²) in [5.41, 5.74) is 1.24. The normalized spacial score (nSPS) is 15.0. The number of anilines is 1. The van der Waals surface area contributed by atoms with Crippen LogP contribution in [-0.2, 0) is 20.9 Å². The van der Waals surface area contributed by atoms with Gasteiger partial charge in [0.25, 0.3) is 0 Å². The summed E-state index contributed by atoms with van der Waals surface area (Å²) in [5.74, 6) is -1.33. The van der Waals surface area contributed by atoms with Crippen molar-refractivity contribution >= 4 is 17.6 Å². The highest BCUT2D eigenvalue weighted by atomic mass is 16.5. The second-order valence-corrected chi connectivity index (χ2v) is 5.42. The van der Waals surface area contributed by atoms with E-state index in [2.05, 4.69) is 5.32 Å². The van der Waals surface area contributed by atoms with Crippen LogP contribution in [0.25, 0.3) is 0 Å². The minimum atomic E-state index is -1.05. The summed E-state index contributed by atoms with van der Waals surface area (Å²) in [5, 5.41) is 11.8. The van der Waals surface area contributed by atoms with Crippen molar-refractivity contribution in [3.8, 4) is 0 Å². The number of carboxylic acid groups (broad SMARTS) is 1. The van der Waals surface area contributed by atoms with Gasteiger partial charge in [-0.2, -0.15) is 0 Å². The van der Waals surface area contributed by atoms with Crippen LogP contribution in [0.3, 0.4) is 0 Å². The van der Waals surface area contributed by atoms with Crippen LogP contribution >= 0.6 is 0 Å². The zero-order chi connectivity index (χ0) is 15.9. The number of carbonyl (C=O) groups is 2. The fourth-order valence-corrected chi connectivity index (χ4v) is 2.58. The Morgan fingerprint density at radius 3 is 2.64 bits per heavy atom. The molecule has 0 heterocycles. The molecule has 0 aliphatic heterocycles. The monoisotopic (exact) mass is 307 g/mol. The third-order valence-electron chi connectivity index (χ3n) is 3.59. The van der Waals surface area contributed by atoms with E-state index in [-0.39, 0.29) is 30.8 Å². The predicted octanol–water partition coefficient (Wildman–Crippen LogP) is 2.43. The number of carbonyl (C=O) groups excluding carboxylic acids is 1. The van der Waals surface area contributed by atoms with Gasteiger partial charge in [0.1, 0.15) is 6.61 Å². The van der Waals surface area contributed by atoms with E-state index in [0.29, 0.717) is 11.3 Å². The van der Waals surface area contributed by atoms with E-state index in [1.54, 1.807) is 6.07 Å². The maximum Gasteiger partial charge on any atom is 0.335 e. The maximum absolute atomic E-state index is 11.9. The Morgan fingerprint density at radius 1 is 1.27 bits per heavy atom. The first-order chi connectivity index (χ1) is 10.6. The molecule has 0 atom stereocenters. The fourth-order valence-electron chi connectivity index (χ4n) is 2.58. The summed E-state index contributed by atoms with van der Waals surface area (Å²) < 4.78 is 10.5. The van der Waals surface area contributed by atoms with Crippen molar-refractivity contribution in [3.63, 3.8) is 0 Å². The highest BCUT2D eigenvalue weighted by Crippen LogP contribution is 2.21. The molecular formula is C16H21NO5. The van der Waals surface area contributed by atoms with Crippen molar-refractivity contribution < 1.29 is 24.2 Å². The SMILES string of the molecule is COCc1cc(NC(=O)COC2CCCC2)cc(C(=O)O)c1. The first-order valence-corrected chi connectivity index (χ1v) is 7.36. The Kier molecular flexibility index (Phi) is 5.91. The maximum atomic E-state index is 11.9. The molecule has 1 amide bonds. The average molecular weight is 307 g/mol. The molecule has 1 fully saturated rings. The summed E-state index contributed by atoms with van der Waals surface area (Å²) in [4.78, 5) is 23.0. The molecule has 1 aromatic carbocycles. The lowest BCUT2D eigenvalue weighted by molar-refractivity contribution is -0.122. The summed E-state index contributed by atoms with van der Waals surface area (Å²) in [6.45, 7) is 0.268. The summed E-state index contributed by atoms with van der Waals surface area (Å²) >= 11 is 0. The van der Waals surface area contributed by atoms with Gasteiger partial charge in [-0.05, 0) is 36.6 Å². The number of benzene rings is 1. The number of hydrogen-bond acceptors (Lipinski definition) is 4. The van der Waals surface area contributed by atoms with Gasteiger partial charge in [-0.15, -0.1) is 0 Å². The summed E-state index contributed by atoms with van der Waals surface area (Å²) in [6.07, 6.45) is 4.46. The van der Waals surface area contributed by atoms with Crippen molar-refractivity contribution in [1.29, 1.82) is 0 Å². The Hall–Kier alpha value is -1.92. The first kappa shape index (κ1) is 16.5. The summed E-state index contributed by atoms with van der Waals surface area (Å²) in [7, 11) is 1.53. The zero-order valence-corrected chi connectivity index (χ0v) is 12.6. The Bertz CT molecular complexity index is 537. The second kappa shape index (κ2) is 7.91. The van der Waals surface area contributed by atoms with Crippen molar-refractivity contribution in [2.75, 3.05) is 19.0 Å². The van der Waals surface area contributed by atoms with E-state index in [1.807, 2.05) is 0 Å². The molecule has 0 aromatic heterocycles. The Labute approximate surface area is 129 Å². The van der Waals surface area contributed by atoms with Gasteiger partial charge in [0, 0.05) is 12.8 Å². The van der Waals surface area contributed by atoms with Gasteiger partial charge in [-0.3, -0.25) is 4.79 Å². The molecule has 1 aliphatic rings.